The first-order valence-corrected chi connectivity index (χ1v) is 8.58. The molecule has 5 nitrogen and oxygen atoms in total. The van der Waals surface area contributed by atoms with Crippen LogP contribution in [0, 0.1) is 6.92 Å². The summed E-state index contributed by atoms with van der Waals surface area (Å²) >= 11 is 0. The highest BCUT2D eigenvalue weighted by atomic mass is 16.5. The van der Waals surface area contributed by atoms with Gasteiger partial charge < -0.3 is 14.5 Å². The van der Waals surface area contributed by atoms with Gasteiger partial charge in [-0.25, -0.2) is 4.79 Å². The smallest absolute Gasteiger partial charge is 0.374 e. The zero-order valence-corrected chi connectivity index (χ0v) is 14.8. The van der Waals surface area contributed by atoms with E-state index in [0.717, 1.165) is 22.9 Å². The summed E-state index contributed by atoms with van der Waals surface area (Å²) in [6.07, 6.45) is 0.742. The van der Waals surface area contributed by atoms with Gasteiger partial charge in [0.25, 0.3) is 5.91 Å². The van der Waals surface area contributed by atoms with Crippen molar-refractivity contribution in [3.05, 3.63) is 71.5 Å². The molecule has 0 bridgehead atoms. The fraction of sp³-hybridized carbons (Fsp3) is 0.238. The van der Waals surface area contributed by atoms with Crippen molar-refractivity contribution >= 4 is 22.8 Å². The van der Waals surface area contributed by atoms with Gasteiger partial charge >= 0.3 is 5.97 Å². The van der Waals surface area contributed by atoms with Crippen LogP contribution < -0.4 is 5.32 Å². The third-order valence-corrected chi connectivity index (χ3v) is 4.18. The van der Waals surface area contributed by atoms with Crippen molar-refractivity contribution in [1.29, 1.82) is 0 Å². The van der Waals surface area contributed by atoms with E-state index in [2.05, 4.69) is 5.32 Å². The van der Waals surface area contributed by atoms with Gasteiger partial charge in [-0.2, -0.15) is 0 Å². The largest absolute Gasteiger partial charge is 0.450 e. The number of ether oxygens (including phenoxy) is 1. The number of para-hydroxylation sites is 1. The van der Waals surface area contributed by atoms with Crippen molar-refractivity contribution in [2.45, 2.75) is 26.3 Å². The molecular formula is C21H21NO4. The average molecular weight is 351 g/mol. The molecule has 5 heteroatoms. The monoisotopic (exact) mass is 351 g/mol. The number of carbonyl (C=O) groups excluding carboxylic acids is 2. The van der Waals surface area contributed by atoms with Gasteiger partial charge in [-0.3, -0.25) is 4.79 Å². The van der Waals surface area contributed by atoms with Crippen LogP contribution in [0.25, 0.3) is 11.0 Å². The van der Waals surface area contributed by atoms with Crippen molar-refractivity contribution in [1.82, 2.24) is 5.32 Å². The van der Waals surface area contributed by atoms with Crippen molar-refractivity contribution in [2.75, 3.05) is 6.61 Å². The highest BCUT2D eigenvalue weighted by molar-refractivity contribution is 5.93. The lowest BCUT2D eigenvalue weighted by Gasteiger charge is -2.17. The summed E-state index contributed by atoms with van der Waals surface area (Å²) in [6.45, 7) is 3.66. The highest BCUT2D eigenvalue weighted by Crippen LogP contribution is 2.20. The second-order valence-electron chi connectivity index (χ2n) is 6.16. The molecule has 1 aromatic heterocycles. The molecule has 0 fully saturated rings. The van der Waals surface area contributed by atoms with E-state index >= 15 is 0 Å². The number of amides is 1. The van der Waals surface area contributed by atoms with E-state index in [0.29, 0.717) is 5.58 Å². The van der Waals surface area contributed by atoms with Crippen LogP contribution in [0.5, 0.6) is 0 Å². The molecule has 1 heterocycles. The number of fused-ring (bicyclic) bond motifs is 1. The zero-order chi connectivity index (χ0) is 18.5. The Labute approximate surface area is 152 Å². The number of hydrogen-bond acceptors (Lipinski definition) is 4. The Morgan fingerprint density at radius 2 is 1.85 bits per heavy atom. The van der Waals surface area contributed by atoms with Crippen LogP contribution in [0.4, 0.5) is 0 Å². The van der Waals surface area contributed by atoms with Crippen molar-refractivity contribution < 1.29 is 18.7 Å². The van der Waals surface area contributed by atoms with Crippen LogP contribution in [0.3, 0.4) is 0 Å². The predicted molar refractivity (Wildman–Crippen MR) is 98.9 cm³/mol. The Kier molecular flexibility index (Phi) is 5.37. The van der Waals surface area contributed by atoms with Crippen LogP contribution in [0.1, 0.15) is 41.1 Å². The van der Waals surface area contributed by atoms with E-state index < -0.39 is 5.97 Å². The maximum absolute atomic E-state index is 12.1. The number of aryl methyl sites for hydroxylation is 1. The van der Waals surface area contributed by atoms with Crippen LogP contribution in [0.15, 0.2) is 59.0 Å². The van der Waals surface area contributed by atoms with Gasteiger partial charge in [0.15, 0.2) is 6.61 Å². The molecule has 1 atom stereocenters. The lowest BCUT2D eigenvalue weighted by Crippen LogP contribution is -2.32. The third kappa shape index (κ3) is 4.11. The summed E-state index contributed by atoms with van der Waals surface area (Å²) < 4.78 is 10.5. The van der Waals surface area contributed by atoms with E-state index in [-0.39, 0.29) is 24.3 Å². The van der Waals surface area contributed by atoms with Crippen LogP contribution in [-0.2, 0) is 9.53 Å². The van der Waals surface area contributed by atoms with E-state index in [4.69, 9.17) is 9.15 Å². The fourth-order valence-corrected chi connectivity index (χ4v) is 2.74. The van der Waals surface area contributed by atoms with Crippen LogP contribution in [0.2, 0.25) is 0 Å². The molecule has 0 saturated heterocycles. The molecular weight excluding hydrogens is 330 g/mol. The summed E-state index contributed by atoms with van der Waals surface area (Å²) in [5, 5.41) is 3.70. The number of nitrogens with one attached hydrogen (secondary N) is 1. The Hall–Kier alpha value is -3.08. The van der Waals surface area contributed by atoms with Gasteiger partial charge in [0.2, 0.25) is 5.76 Å². The van der Waals surface area contributed by atoms with Crippen LogP contribution in [-0.4, -0.2) is 18.5 Å². The van der Waals surface area contributed by atoms with Gasteiger partial charge in [-0.15, -0.1) is 0 Å². The zero-order valence-electron chi connectivity index (χ0n) is 14.8. The Morgan fingerprint density at radius 3 is 2.54 bits per heavy atom. The molecule has 0 saturated carbocycles. The molecule has 3 aromatic rings. The minimum atomic E-state index is -0.653. The van der Waals surface area contributed by atoms with E-state index in [1.807, 2.05) is 56.3 Å². The molecule has 0 radical (unpaired) electrons. The standard InChI is InChI=1S/C21H21NO4/c1-3-17(15-10-8-14(2)9-11-15)22-20(23)13-25-21(24)19-12-16-6-4-5-7-18(16)26-19/h4-12,17H,3,13H2,1-2H3,(H,22,23)/t17-/m1/s1. The topological polar surface area (TPSA) is 68.5 Å². The third-order valence-electron chi connectivity index (χ3n) is 4.18. The van der Waals surface area contributed by atoms with Gasteiger partial charge in [0.1, 0.15) is 5.58 Å². The summed E-state index contributed by atoms with van der Waals surface area (Å²) in [4.78, 5) is 24.2. The van der Waals surface area contributed by atoms with E-state index in [9.17, 15) is 9.59 Å². The highest BCUT2D eigenvalue weighted by Gasteiger charge is 2.17. The molecule has 0 spiro atoms. The second-order valence-corrected chi connectivity index (χ2v) is 6.16. The predicted octanol–water partition coefficient (Wildman–Crippen LogP) is 4.17. The Balaban J connectivity index is 1.57. The molecule has 0 aliphatic carbocycles. The Bertz CT molecular complexity index is 878. The molecule has 134 valence electrons. The SMILES string of the molecule is CC[C@@H](NC(=O)COC(=O)c1cc2ccccc2o1)c1ccc(C)cc1. The van der Waals surface area contributed by atoms with Gasteiger partial charge in [0, 0.05) is 5.39 Å². The van der Waals surface area contributed by atoms with Gasteiger partial charge in [0.05, 0.1) is 6.04 Å². The summed E-state index contributed by atoms with van der Waals surface area (Å²) in [7, 11) is 0. The van der Waals surface area contributed by atoms with Crippen LogP contribution >= 0.6 is 0 Å². The van der Waals surface area contributed by atoms with Gasteiger partial charge in [-0.05, 0) is 31.0 Å². The number of rotatable bonds is 6. The average Bonchev–Trinajstić information content (AvgIpc) is 3.09. The molecule has 1 amide bonds. The quantitative estimate of drug-likeness (QED) is 0.677. The molecule has 0 aliphatic heterocycles. The number of furan rings is 1. The first kappa shape index (κ1) is 17.7. The minimum Gasteiger partial charge on any atom is -0.450 e. The fourth-order valence-electron chi connectivity index (χ4n) is 2.74. The molecule has 1 N–H and O–H groups in total. The normalized spacial score (nSPS) is 11.9. The summed E-state index contributed by atoms with van der Waals surface area (Å²) in [6, 6.07) is 16.8. The first-order valence-electron chi connectivity index (χ1n) is 8.58. The van der Waals surface area contributed by atoms with Crippen molar-refractivity contribution in [3.8, 4) is 0 Å². The first-order chi connectivity index (χ1) is 12.6. The maximum Gasteiger partial charge on any atom is 0.374 e. The molecule has 0 aliphatic rings. The summed E-state index contributed by atoms with van der Waals surface area (Å²) in [5.74, 6) is -0.911. The number of benzene rings is 2. The van der Waals surface area contributed by atoms with Gasteiger partial charge in [-0.1, -0.05) is 55.0 Å². The minimum absolute atomic E-state index is 0.0876. The lowest BCUT2D eigenvalue weighted by atomic mass is 10.0. The lowest BCUT2D eigenvalue weighted by molar-refractivity contribution is -0.125. The number of hydrogen-bond donors (Lipinski definition) is 1. The maximum atomic E-state index is 12.1. The molecule has 26 heavy (non-hydrogen) atoms. The molecule has 0 unspecified atom stereocenters. The van der Waals surface area contributed by atoms with E-state index in [1.165, 1.54) is 0 Å². The van der Waals surface area contributed by atoms with Crippen molar-refractivity contribution in [2.24, 2.45) is 0 Å². The summed E-state index contributed by atoms with van der Waals surface area (Å²) in [5.41, 5.74) is 2.79. The molecule has 2 aromatic carbocycles. The molecule has 3 rings (SSSR count). The number of carbonyl (C=O) groups is 2. The van der Waals surface area contributed by atoms with E-state index in [1.54, 1.807) is 12.1 Å². The second kappa shape index (κ2) is 7.87. The number of esters is 1. The van der Waals surface area contributed by atoms with Crippen molar-refractivity contribution in [3.63, 3.8) is 0 Å². The Morgan fingerprint density at radius 1 is 1.12 bits per heavy atom.